The fourth-order valence-electron chi connectivity index (χ4n) is 3.82. The maximum absolute atomic E-state index is 13.8. The van der Waals surface area contributed by atoms with Crippen molar-refractivity contribution in [3.05, 3.63) is 77.0 Å². The number of aromatic nitrogens is 2. The van der Waals surface area contributed by atoms with Crippen LogP contribution in [0.2, 0.25) is 0 Å². The van der Waals surface area contributed by atoms with E-state index in [2.05, 4.69) is 26.6 Å². The molecule has 3 aromatic rings. The third kappa shape index (κ3) is 4.80. The molecule has 33 heavy (non-hydrogen) atoms. The van der Waals surface area contributed by atoms with Crippen LogP contribution in [0.3, 0.4) is 0 Å². The average Bonchev–Trinajstić information content (AvgIpc) is 3.24. The minimum atomic E-state index is -2.62. The third-order valence-electron chi connectivity index (χ3n) is 5.78. The van der Waals surface area contributed by atoms with Gasteiger partial charge >= 0.3 is 0 Å². The number of amides is 1. The Morgan fingerprint density at radius 1 is 1.15 bits per heavy atom. The maximum atomic E-state index is 13.8. The average molecular weight is 471 g/mol. The molecule has 0 fully saturated rings. The van der Waals surface area contributed by atoms with Gasteiger partial charge in [-0.2, -0.15) is 5.10 Å². The monoisotopic (exact) mass is 470 g/mol. The first-order valence-corrected chi connectivity index (χ1v) is 10.9. The molecule has 2 aromatic carbocycles. The van der Waals surface area contributed by atoms with E-state index < -0.39 is 18.4 Å². The fourth-order valence-corrected chi connectivity index (χ4v) is 3.99. The van der Waals surface area contributed by atoms with E-state index in [4.69, 9.17) is 12.2 Å². The zero-order chi connectivity index (χ0) is 23.5. The van der Waals surface area contributed by atoms with E-state index in [1.165, 1.54) is 10.9 Å². The molecule has 4 rings (SSSR count). The van der Waals surface area contributed by atoms with Crippen LogP contribution >= 0.6 is 12.2 Å². The van der Waals surface area contributed by atoms with Crippen molar-refractivity contribution >= 4 is 34.7 Å². The van der Waals surface area contributed by atoms with Gasteiger partial charge in [0.15, 0.2) is 5.11 Å². The molecule has 1 amide bonds. The van der Waals surface area contributed by atoms with E-state index in [-0.39, 0.29) is 29.0 Å². The zero-order valence-corrected chi connectivity index (χ0v) is 18.9. The molecule has 2 atom stereocenters. The van der Waals surface area contributed by atoms with Crippen LogP contribution in [0.4, 0.5) is 20.3 Å². The Morgan fingerprint density at radius 3 is 2.64 bits per heavy atom. The van der Waals surface area contributed by atoms with Crippen LogP contribution < -0.4 is 21.5 Å². The van der Waals surface area contributed by atoms with E-state index in [1.807, 2.05) is 62.4 Å². The number of aryl methyl sites for hydroxylation is 1. The number of hydrogen-bond acceptors (Lipinski definition) is 4. The number of thiocarbonyl (C=S) groups is 1. The summed E-state index contributed by atoms with van der Waals surface area (Å²) in [6.07, 6.45) is -1.19. The highest BCUT2D eigenvalue weighted by molar-refractivity contribution is 7.80. The lowest BCUT2D eigenvalue weighted by Gasteiger charge is -2.32. The van der Waals surface area contributed by atoms with Crippen molar-refractivity contribution in [1.29, 1.82) is 0 Å². The topological polar surface area (TPSA) is 83.0 Å². The molecule has 1 aliphatic heterocycles. The number of nitrogens with zero attached hydrogens (tertiary/aromatic N) is 2. The molecular formula is C23H24F2N6OS. The number of anilines is 2. The molecule has 1 aromatic heterocycles. The van der Waals surface area contributed by atoms with E-state index in [1.54, 1.807) is 0 Å². The number of fused-ring (bicyclic) bond motifs is 1. The lowest BCUT2D eigenvalue weighted by molar-refractivity contribution is 0.0656. The van der Waals surface area contributed by atoms with Crippen molar-refractivity contribution in [2.24, 2.45) is 0 Å². The summed E-state index contributed by atoms with van der Waals surface area (Å²) in [5.74, 6) is -0.302. The van der Waals surface area contributed by atoms with Crippen LogP contribution in [0.15, 0.2) is 54.7 Å². The molecule has 0 unspecified atom stereocenters. The fraction of sp³-hybridized carbons (Fsp3) is 0.261. The first kappa shape index (κ1) is 22.7. The van der Waals surface area contributed by atoms with Crippen molar-refractivity contribution in [3.63, 3.8) is 0 Å². The number of benzene rings is 2. The predicted molar refractivity (Wildman–Crippen MR) is 127 cm³/mol. The number of rotatable bonds is 4. The lowest BCUT2D eigenvalue weighted by Crippen LogP contribution is -2.44. The zero-order valence-electron chi connectivity index (χ0n) is 18.1. The second-order valence-corrected chi connectivity index (χ2v) is 8.29. The van der Waals surface area contributed by atoms with Crippen molar-refractivity contribution in [2.45, 2.75) is 38.8 Å². The Morgan fingerprint density at radius 2 is 1.91 bits per heavy atom. The van der Waals surface area contributed by atoms with Crippen LogP contribution in [-0.2, 0) is 0 Å². The molecule has 10 heteroatoms. The van der Waals surface area contributed by atoms with Gasteiger partial charge < -0.3 is 10.6 Å². The number of carbonyl (C=O) groups is 1. The van der Waals surface area contributed by atoms with Gasteiger partial charge in [-0.15, -0.1) is 0 Å². The van der Waals surface area contributed by atoms with Gasteiger partial charge in [0.25, 0.3) is 12.3 Å². The van der Waals surface area contributed by atoms with Gasteiger partial charge in [-0.3, -0.25) is 15.6 Å². The number of halogens is 2. The lowest BCUT2D eigenvalue weighted by atomic mass is 9.97. The molecule has 0 spiro atoms. The van der Waals surface area contributed by atoms with E-state index >= 15 is 0 Å². The summed E-state index contributed by atoms with van der Waals surface area (Å²) in [5, 5.41) is 10.5. The van der Waals surface area contributed by atoms with Crippen LogP contribution in [-0.4, -0.2) is 27.2 Å². The Labute approximate surface area is 195 Å². The summed E-state index contributed by atoms with van der Waals surface area (Å²) in [6, 6.07) is 13.5. The standard InChI is InChI=1S/C23H24F2N6OS/c1-13-7-6-10-17(14(13)2)28-23(33)30-29-22(32)16-12-26-31-19(20(24)25)11-18(27-21(16)31)15-8-4-3-5-9-15/h3-10,12,18-20,27H,11H2,1-2H3,(H,29,32)(H2,28,30,33)/t18-,19-/m1/s1. The van der Waals surface area contributed by atoms with Crippen LogP contribution in [0.25, 0.3) is 0 Å². The number of nitrogens with one attached hydrogen (secondary N) is 4. The highest BCUT2D eigenvalue weighted by atomic mass is 32.1. The quantitative estimate of drug-likeness (QED) is 0.332. The van der Waals surface area contributed by atoms with Gasteiger partial charge in [-0.1, -0.05) is 42.5 Å². The molecule has 0 saturated carbocycles. The van der Waals surface area contributed by atoms with Crippen molar-refractivity contribution < 1.29 is 13.6 Å². The molecule has 172 valence electrons. The number of alkyl halides is 2. The first-order valence-electron chi connectivity index (χ1n) is 10.5. The Kier molecular flexibility index (Phi) is 6.55. The molecule has 4 N–H and O–H groups in total. The Hall–Kier alpha value is -3.53. The van der Waals surface area contributed by atoms with E-state index in [9.17, 15) is 13.6 Å². The maximum Gasteiger partial charge on any atom is 0.275 e. The van der Waals surface area contributed by atoms with Crippen LogP contribution in [0.1, 0.15) is 45.6 Å². The van der Waals surface area contributed by atoms with E-state index in [0.717, 1.165) is 22.4 Å². The smallest absolute Gasteiger partial charge is 0.275 e. The summed E-state index contributed by atoms with van der Waals surface area (Å²) in [5.41, 5.74) is 9.13. The van der Waals surface area contributed by atoms with Crippen molar-refractivity contribution in [2.75, 3.05) is 10.6 Å². The second-order valence-electron chi connectivity index (χ2n) is 7.88. The van der Waals surface area contributed by atoms with Crippen molar-refractivity contribution in [3.8, 4) is 0 Å². The van der Waals surface area contributed by atoms with Gasteiger partial charge in [0, 0.05) is 5.69 Å². The molecule has 0 saturated heterocycles. The van der Waals surface area contributed by atoms with Gasteiger partial charge in [0.2, 0.25) is 0 Å². The molecule has 2 heterocycles. The SMILES string of the molecule is Cc1cccc(NC(=S)NNC(=O)c2cnn3c2N[C@@H](c2ccccc2)C[C@@H]3C(F)F)c1C. The molecular weight excluding hydrogens is 446 g/mol. The Bertz CT molecular complexity index is 1170. The normalized spacial score (nSPS) is 17.1. The number of carbonyl (C=O) groups excluding carboxylic acids is 1. The van der Waals surface area contributed by atoms with E-state index in [0.29, 0.717) is 0 Å². The molecule has 0 bridgehead atoms. The predicted octanol–water partition coefficient (Wildman–Crippen LogP) is 4.49. The molecule has 0 aliphatic carbocycles. The Balaban J connectivity index is 1.48. The highest BCUT2D eigenvalue weighted by Crippen LogP contribution is 2.39. The summed E-state index contributed by atoms with van der Waals surface area (Å²) in [6.45, 7) is 3.95. The third-order valence-corrected chi connectivity index (χ3v) is 5.98. The highest BCUT2D eigenvalue weighted by Gasteiger charge is 2.36. The van der Waals surface area contributed by atoms with Gasteiger partial charge in [0.1, 0.15) is 17.4 Å². The minimum absolute atomic E-state index is 0.142. The molecule has 0 radical (unpaired) electrons. The van der Waals surface area contributed by atoms with Gasteiger partial charge in [-0.25, -0.2) is 13.5 Å². The van der Waals surface area contributed by atoms with Crippen LogP contribution in [0, 0.1) is 13.8 Å². The summed E-state index contributed by atoms with van der Waals surface area (Å²) >= 11 is 5.27. The summed E-state index contributed by atoms with van der Waals surface area (Å²) < 4.78 is 28.8. The number of hydrazine groups is 1. The number of hydrogen-bond donors (Lipinski definition) is 4. The van der Waals surface area contributed by atoms with Gasteiger partial charge in [-0.05, 0) is 55.2 Å². The van der Waals surface area contributed by atoms with Crippen LogP contribution in [0.5, 0.6) is 0 Å². The summed E-state index contributed by atoms with van der Waals surface area (Å²) in [7, 11) is 0. The second kappa shape index (κ2) is 9.53. The first-order chi connectivity index (χ1) is 15.8. The minimum Gasteiger partial charge on any atom is -0.363 e. The van der Waals surface area contributed by atoms with Gasteiger partial charge in [0.05, 0.1) is 12.2 Å². The largest absolute Gasteiger partial charge is 0.363 e. The van der Waals surface area contributed by atoms with Crippen molar-refractivity contribution in [1.82, 2.24) is 20.6 Å². The molecule has 7 nitrogen and oxygen atoms in total. The molecule has 1 aliphatic rings. The summed E-state index contributed by atoms with van der Waals surface area (Å²) in [4.78, 5) is 12.8.